The van der Waals surface area contributed by atoms with E-state index >= 15 is 0 Å². The van der Waals surface area contributed by atoms with Crippen LogP contribution in [0.5, 0.6) is 0 Å². The molecule has 3 N–H and O–H groups in total. The minimum Gasteiger partial charge on any atom is -0.383 e. The van der Waals surface area contributed by atoms with Crippen LogP contribution in [0.2, 0.25) is 0 Å². The van der Waals surface area contributed by atoms with E-state index in [2.05, 4.69) is 31.3 Å². The summed E-state index contributed by atoms with van der Waals surface area (Å²) in [7, 11) is 0. The summed E-state index contributed by atoms with van der Waals surface area (Å²) in [6, 6.07) is 11.2. The molecule has 116 valence electrons. The van der Waals surface area contributed by atoms with Crippen LogP contribution in [-0.2, 0) is 0 Å². The predicted octanol–water partition coefficient (Wildman–Crippen LogP) is 3.17. The monoisotopic (exact) mass is 371 g/mol. The zero-order chi connectivity index (χ0) is 16.4. The summed E-state index contributed by atoms with van der Waals surface area (Å²) in [4.78, 5) is 16.5. The molecular weight excluding hydrogens is 358 g/mol. The lowest BCUT2D eigenvalue weighted by Gasteiger charge is -2.08. The van der Waals surface area contributed by atoms with Gasteiger partial charge in [0.05, 0.1) is 11.9 Å². The summed E-state index contributed by atoms with van der Waals surface area (Å²) in [5, 5.41) is 6.93. The van der Waals surface area contributed by atoms with Crippen molar-refractivity contribution < 1.29 is 4.79 Å². The van der Waals surface area contributed by atoms with Gasteiger partial charge in [0.2, 0.25) is 0 Å². The van der Waals surface area contributed by atoms with Crippen LogP contribution < -0.4 is 11.1 Å². The van der Waals surface area contributed by atoms with Crippen LogP contribution in [0.4, 0.5) is 11.6 Å². The third kappa shape index (κ3) is 3.09. The standard InChI is InChI=1S/C16H14BrN5O/c1-10-4-2-3-5-13(10)22-15(18)12(9-20-22)16(23)21-14-7-6-11(17)8-19-14/h2-9H,18H2,1H3,(H,19,21,23). The van der Waals surface area contributed by atoms with Crippen LogP contribution >= 0.6 is 15.9 Å². The van der Waals surface area contributed by atoms with E-state index < -0.39 is 0 Å². The van der Waals surface area contributed by atoms with E-state index in [4.69, 9.17) is 5.73 Å². The van der Waals surface area contributed by atoms with Gasteiger partial charge in [-0.05, 0) is 46.6 Å². The molecule has 0 aliphatic heterocycles. The minimum absolute atomic E-state index is 0.286. The van der Waals surface area contributed by atoms with Crippen molar-refractivity contribution >= 4 is 33.5 Å². The first-order valence-electron chi connectivity index (χ1n) is 6.88. The number of halogens is 1. The molecule has 1 aromatic carbocycles. The quantitative estimate of drug-likeness (QED) is 0.740. The number of pyridine rings is 1. The molecule has 1 amide bonds. The number of benzene rings is 1. The van der Waals surface area contributed by atoms with Crippen molar-refractivity contribution in [2.75, 3.05) is 11.1 Å². The second kappa shape index (κ2) is 6.21. The summed E-state index contributed by atoms with van der Waals surface area (Å²) >= 11 is 3.30. The number of amides is 1. The largest absolute Gasteiger partial charge is 0.383 e. The molecule has 0 saturated carbocycles. The lowest BCUT2D eigenvalue weighted by Crippen LogP contribution is -2.15. The Hall–Kier alpha value is -2.67. The second-order valence-electron chi connectivity index (χ2n) is 4.96. The summed E-state index contributed by atoms with van der Waals surface area (Å²) in [5.41, 5.74) is 8.25. The molecular formula is C16H14BrN5O. The Bertz CT molecular complexity index is 857. The van der Waals surface area contributed by atoms with Crippen molar-refractivity contribution in [3.63, 3.8) is 0 Å². The molecule has 0 bridgehead atoms. The Morgan fingerprint density at radius 1 is 1.22 bits per heavy atom. The van der Waals surface area contributed by atoms with Crippen LogP contribution in [0.3, 0.4) is 0 Å². The van der Waals surface area contributed by atoms with Gasteiger partial charge in [-0.25, -0.2) is 9.67 Å². The zero-order valence-electron chi connectivity index (χ0n) is 12.3. The Labute approximate surface area is 141 Å². The number of anilines is 2. The molecule has 23 heavy (non-hydrogen) atoms. The summed E-state index contributed by atoms with van der Waals surface area (Å²) in [6.07, 6.45) is 3.06. The van der Waals surface area contributed by atoms with Gasteiger partial charge >= 0.3 is 0 Å². The van der Waals surface area contributed by atoms with Crippen molar-refractivity contribution in [1.82, 2.24) is 14.8 Å². The summed E-state index contributed by atoms with van der Waals surface area (Å²) < 4.78 is 2.39. The first-order valence-corrected chi connectivity index (χ1v) is 7.68. The van der Waals surface area contributed by atoms with Crippen molar-refractivity contribution in [2.24, 2.45) is 0 Å². The fraction of sp³-hybridized carbons (Fsp3) is 0.0625. The van der Waals surface area contributed by atoms with Gasteiger partial charge < -0.3 is 11.1 Å². The van der Waals surface area contributed by atoms with Gasteiger partial charge in [0.1, 0.15) is 17.2 Å². The van der Waals surface area contributed by atoms with E-state index in [1.54, 1.807) is 23.0 Å². The summed E-state index contributed by atoms with van der Waals surface area (Å²) in [6.45, 7) is 1.96. The van der Waals surface area contributed by atoms with Crippen LogP contribution in [0.1, 0.15) is 15.9 Å². The van der Waals surface area contributed by atoms with E-state index in [9.17, 15) is 4.79 Å². The van der Waals surface area contributed by atoms with Crippen LogP contribution in [0, 0.1) is 6.92 Å². The normalized spacial score (nSPS) is 10.5. The van der Waals surface area contributed by atoms with Crippen molar-refractivity contribution in [3.8, 4) is 5.69 Å². The van der Waals surface area contributed by atoms with E-state index in [1.165, 1.54) is 6.20 Å². The number of carbonyl (C=O) groups excluding carboxylic acids is 1. The lowest BCUT2D eigenvalue weighted by atomic mass is 10.2. The average Bonchev–Trinajstić information content (AvgIpc) is 2.92. The molecule has 3 aromatic rings. The number of nitrogens with two attached hydrogens (primary N) is 1. The van der Waals surface area contributed by atoms with Gasteiger partial charge in [-0.1, -0.05) is 18.2 Å². The number of aryl methyl sites for hydroxylation is 1. The molecule has 6 nitrogen and oxygen atoms in total. The zero-order valence-corrected chi connectivity index (χ0v) is 13.9. The van der Waals surface area contributed by atoms with Crippen molar-refractivity contribution in [3.05, 3.63) is 64.4 Å². The highest BCUT2D eigenvalue weighted by Gasteiger charge is 2.17. The Morgan fingerprint density at radius 3 is 2.70 bits per heavy atom. The Morgan fingerprint density at radius 2 is 2.00 bits per heavy atom. The highest BCUT2D eigenvalue weighted by molar-refractivity contribution is 9.10. The number of hydrogen-bond acceptors (Lipinski definition) is 4. The third-order valence-corrected chi connectivity index (χ3v) is 3.83. The first-order chi connectivity index (χ1) is 11.1. The molecule has 0 saturated heterocycles. The molecule has 2 aromatic heterocycles. The maximum atomic E-state index is 12.4. The molecule has 3 rings (SSSR count). The van der Waals surface area contributed by atoms with E-state index in [0.29, 0.717) is 11.4 Å². The fourth-order valence-electron chi connectivity index (χ4n) is 2.16. The highest BCUT2D eigenvalue weighted by Crippen LogP contribution is 2.20. The molecule has 0 atom stereocenters. The van der Waals surface area contributed by atoms with E-state index in [-0.39, 0.29) is 11.7 Å². The van der Waals surface area contributed by atoms with Crippen molar-refractivity contribution in [2.45, 2.75) is 6.92 Å². The molecule has 0 unspecified atom stereocenters. The SMILES string of the molecule is Cc1ccccc1-n1ncc(C(=O)Nc2ccc(Br)cn2)c1N. The maximum absolute atomic E-state index is 12.4. The molecule has 7 heteroatoms. The van der Waals surface area contributed by atoms with Crippen LogP contribution in [-0.4, -0.2) is 20.7 Å². The van der Waals surface area contributed by atoms with Gasteiger partial charge in [0.15, 0.2) is 0 Å². The third-order valence-electron chi connectivity index (χ3n) is 3.36. The van der Waals surface area contributed by atoms with E-state index in [1.807, 2.05) is 31.2 Å². The maximum Gasteiger partial charge on any atom is 0.262 e. The van der Waals surface area contributed by atoms with Gasteiger partial charge in [0.25, 0.3) is 5.91 Å². The topological polar surface area (TPSA) is 85.8 Å². The van der Waals surface area contributed by atoms with E-state index in [0.717, 1.165) is 15.7 Å². The lowest BCUT2D eigenvalue weighted by molar-refractivity contribution is 0.102. The first kappa shape index (κ1) is 15.2. The molecule has 0 aliphatic rings. The molecule has 0 spiro atoms. The molecule has 2 heterocycles. The average molecular weight is 372 g/mol. The van der Waals surface area contributed by atoms with Crippen LogP contribution in [0.15, 0.2) is 53.3 Å². The second-order valence-corrected chi connectivity index (χ2v) is 5.87. The summed E-state index contributed by atoms with van der Waals surface area (Å²) in [5.74, 6) is 0.382. The number of nitrogens with zero attached hydrogens (tertiary/aromatic N) is 3. The molecule has 0 aliphatic carbocycles. The Kier molecular flexibility index (Phi) is 4.12. The van der Waals surface area contributed by atoms with Crippen molar-refractivity contribution in [1.29, 1.82) is 0 Å². The number of nitrogens with one attached hydrogen (secondary N) is 1. The number of carbonyl (C=O) groups is 1. The number of para-hydroxylation sites is 1. The van der Waals surface area contributed by atoms with Crippen LogP contribution in [0.25, 0.3) is 5.69 Å². The fourth-order valence-corrected chi connectivity index (χ4v) is 2.39. The number of nitrogen functional groups attached to an aromatic ring is 1. The number of aromatic nitrogens is 3. The Balaban J connectivity index is 1.88. The molecule has 0 fully saturated rings. The highest BCUT2D eigenvalue weighted by atomic mass is 79.9. The predicted molar refractivity (Wildman–Crippen MR) is 92.6 cm³/mol. The van der Waals surface area contributed by atoms with Gasteiger partial charge in [-0.2, -0.15) is 5.10 Å². The van der Waals surface area contributed by atoms with Gasteiger partial charge in [-0.3, -0.25) is 4.79 Å². The van der Waals surface area contributed by atoms with Gasteiger partial charge in [0, 0.05) is 10.7 Å². The smallest absolute Gasteiger partial charge is 0.262 e. The van der Waals surface area contributed by atoms with Gasteiger partial charge in [-0.15, -0.1) is 0 Å². The number of hydrogen-bond donors (Lipinski definition) is 2. The number of rotatable bonds is 3. The minimum atomic E-state index is -0.350. The molecule has 0 radical (unpaired) electrons.